The molecular weight excluding hydrogens is 380 g/mol. The van der Waals surface area contributed by atoms with Crippen LogP contribution in [-0.4, -0.2) is 40.7 Å². The second-order valence-electron chi connectivity index (χ2n) is 6.39. The van der Waals surface area contributed by atoms with Gasteiger partial charge in [0.05, 0.1) is 11.6 Å². The Morgan fingerprint density at radius 1 is 1.11 bits per heavy atom. The van der Waals surface area contributed by atoms with Crippen LogP contribution in [0, 0.1) is 0 Å². The van der Waals surface area contributed by atoms with Crippen LogP contribution < -0.4 is 5.32 Å². The number of rotatable bonds is 5. The number of carbonyl (C=O) groups excluding carboxylic acids is 3. The fourth-order valence-corrected chi connectivity index (χ4v) is 3.33. The molecule has 7 heteroatoms. The molecule has 0 aromatic heterocycles. The van der Waals surface area contributed by atoms with E-state index in [4.69, 9.17) is 11.6 Å². The molecule has 1 aliphatic rings. The van der Waals surface area contributed by atoms with Crippen LogP contribution in [0.15, 0.2) is 60.2 Å². The van der Waals surface area contributed by atoms with Crippen LogP contribution in [0.1, 0.15) is 24.1 Å². The number of nitrogens with one attached hydrogen (secondary N) is 1. The van der Waals surface area contributed by atoms with Crippen LogP contribution in [0.25, 0.3) is 5.76 Å². The molecule has 1 aliphatic heterocycles. The molecule has 0 unspecified atom stereocenters. The van der Waals surface area contributed by atoms with Crippen LogP contribution in [0.5, 0.6) is 0 Å². The summed E-state index contributed by atoms with van der Waals surface area (Å²) in [7, 11) is 0. The third-order valence-electron chi connectivity index (χ3n) is 4.50. The van der Waals surface area contributed by atoms with Crippen molar-refractivity contribution in [2.45, 2.75) is 13.0 Å². The van der Waals surface area contributed by atoms with Gasteiger partial charge < -0.3 is 15.3 Å². The number of aliphatic hydroxyl groups is 1. The summed E-state index contributed by atoms with van der Waals surface area (Å²) in [5.41, 5.74) is 1.10. The average Bonchev–Trinajstić information content (AvgIpc) is 2.93. The lowest BCUT2D eigenvalue weighted by Crippen LogP contribution is -2.37. The normalized spacial score (nSPS) is 18.4. The molecule has 1 saturated heterocycles. The van der Waals surface area contributed by atoms with Gasteiger partial charge in [-0.1, -0.05) is 54.1 Å². The van der Waals surface area contributed by atoms with E-state index < -0.39 is 17.7 Å². The van der Waals surface area contributed by atoms with Crippen LogP contribution in [0.4, 0.5) is 0 Å². The maximum atomic E-state index is 12.8. The average molecular weight is 399 g/mol. The molecule has 1 atom stereocenters. The van der Waals surface area contributed by atoms with E-state index in [9.17, 15) is 19.5 Å². The Balaban J connectivity index is 2.08. The zero-order valence-electron chi connectivity index (χ0n) is 15.2. The number of halogens is 1. The van der Waals surface area contributed by atoms with Gasteiger partial charge in [0.1, 0.15) is 5.76 Å². The number of benzene rings is 2. The Morgan fingerprint density at radius 2 is 1.75 bits per heavy atom. The van der Waals surface area contributed by atoms with Crippen molar-refractivity contribution in [3.05, 3.63) is 76.3 Å². The summed E-state index contributed by atoms with van der Waals surface area (Å²) in [6.07, 6.45) is 0. The van der Waals surface area contributed by atoms with Crippen molar-refractivity contribution in [2.24, 2.45) is 0 Å². The van der Waals surface area contributed by atoms with Crippen LogP contribution in [-0.2, 0) is 14.4 Å². The molecule has 0 bridgehead atoms. The lowest BCUT2D eigenvalue weighted by Gasteiger charge is -2.25. The Bertz CT molecular complexity index is 939. The summed E-state index contributed by atoms with van der Waals surface area (Å²) < 4.78 is 0. The second-order valence-corrected chi connectivity index (χ2v) is 6.83. The van der Waals surface area contributed by atoms with E-state index in [0.29, 0.717) is 16.1 Å². The predicted molar refractivity (Wildman–Crippen MR) is 106 cm³/mol. The van der Waals surface area contributed by atoms with E-state index in [0.717, 1.165) is 0 Å². The van der Waals surface area contributed by atoms with Gasteiger partial charge >= 0.3 is 0 Å². The van der Waals surface area contributed by atoms with E-state index in [1.54, 1.807) is 54.6 Å². The minimum Gasteiger partial charge on any atom is -0.507 e. The van der Waals surface area contributed by atoms with Gasteiger partial charge in [0.15, 0.2) is 0 Å². The van der Waals surface area contributed by atoms with Gasteiger partial charge in [-0.3, -0.25) is 14.4 Å². The summed E-state index contributed by atoms with van der Waals surface area (Å²) in [5, 5.41) is 13.9. The molecule has 6 nitrogen and oxygen atoms in total. The number of likely N-dealkylation sites (tertiary alicyclic amines) is 1. The largest absolute Gasteiger partial charge is 0.507 e. The Morgan fingerprint density at radius 3 is 2.36 bits per heavy atom. The van der Waals surface area contributed by atoms with Gasteiger partial charge in [0.2, 0.25) is 5.91 Å². The fraction of sp³-hybridized carbons (Fsp3) is 0.190. The van der Waals surface area contributed by atoms with Crippen molar-refractivity contribution in [3.63, 3.8) is 0 Å². The molecule has 144 valence electrons. The monoisotopic (exact) mass is 398 g/mol. The quantitative estimate of drug-likeness (QED) is 0.460. The molecule has 1 heterocycles. The van der Waals surface area contributed by atoms with E-state index >= 15 is 0 Å². The molecule has 2 amide bonds. The molecule has 0 radical (unpaired) electrons. The van der Waals surface area contributed by atoms with Crippen LogP contribution >= 0.6 is 11.6 Å². The van der Waals surface area contributed by atoms with Crippen LogP contribution in [0.2, 0.25) is 5.02 Å². The minimum absolute atomic E-state index is 0.0151. The SMILES string of the molecule is CC(=O)NCCN1C(=O)C(=O)C(=C(O)c2ccccc2)[C@H]1c1ccc(Cl)cc1. The Labute approximate surface area is 167 Å². The first-order valence-electron chi connectivity index (χ1n) is 8.74. The van der Waals surface area contributed by atoms with Crippen molar-refractivity contribution < 1.29 is 19.5 Å². The van der Waals surface area contributed by atoms with Crippen molar-refractivity contribution in [1.29, 1.82) is 0 Å². The molecule has 0 spiro atoms. The second kappa shape index (κ2) is 8.27. The first-order valence-corrected chi connectivity index (χ1v) is 9.11. The van der Waals surface area contributed by atoms with Gasteiger partial charge in [-0.05, 0) is 17.7 Å². The van der Waals surface area contributed by atoms with E-state index in [-0.39, 0.29) is 30.3 Å². The fourth-order valence-electron chi connectivity index (χ4n) is 3.21. The molecule has 2 aromatic rings. The Hall–Kier alpha value is -3.12. The highest BCUT2D eigenvalue weighted by Crippen LogP contribution is 2.39. The van der Waals surface area contributed by atoms with Gasteiger partial charge in [-0.2, -0.15) is 0 Å². The first kappa shape index (κ1) is 19.6. The first-order chi connectivity index (χ1) is 13.4. The minimum atomic E-state index is -0.772. The third-order valence-corrected chi connectivity index (χ3v) is 4.75. The zero-order valence-corrected chi connectivity index (χ0v) is 15.9. The lowest BCUT2D eigenvalue weighted by atomic mass is 9.95. The number of carbonyl (C=O) groups is 3. The smallest absolute Gasteiger partial charge is 0.295 e. The standard InChI is InChI=1S/C21H19ClN2O4/c1-13(25)23-11-12-24-18(14-7-9-16(22)10-8-14)17(20(27)21(24)28)19(26)15-5-3-2-4-6-15/h2-10,18,26H,11-12H2,1H3,(H,23,25)/t18-/m1/s1. The zero-order chi connectivity index (χ0) is 20.3. The summed E-state index contributed by atoms with van der Waals surface area (Å²) in [6.45, 7) is 1.70. The number of nitrogens with zero attached hydrogens (tertiary/aromatic N) is 1. The topological polar surface area (TPSA) is 86.7 Å². The summed E-state index contributed by atoms with van der Waals surface area (Å²) in [4.78, 5) is 37.9. The molecule has 0 saturated carbocycles. The molecule has 0 aliphatic carbocycles. The Kier molecular flexibility index (Phi) is 5.80. The molecule has 28 heavy (non-hydrogen) atoms. The van der Waals surface area contributed by atoms with Crippen LogP contribution in [0.3, 0.4) is 0 Å². The number of aliphatic hydroxyl groups excluding tert-OH is 1. The number of Topliss-reactive ketones (excluding diaryl/α,β-unsaturated/α-hetero) is 1. The molecule has 2 N–H and O–H groups in total. The van der Waals surface area contributed by atoms with E-state index in [1.807, 2.05) is 0 Å². The summed E-state index contributed by atoms with van der Waals surface area (Å²) in [5.74, 6) is -1.95. The van der Waals surface area contributed by atoms with Gasteiger partial charge in [-0.25, -0.2) is 0 Å². The van der Waals surface area contributed by atoms with Gasteiger partial charge in [-0.15, -0.1) is 0 Å². The third kappa shape index (κ3) is 3.92. The highest BCUT2D eigenvalue weighted by Gasteiger charge is 2.45. The predicted octanol–water partition coefficient (Wildman–Crippen LogP) is 2.90. The molecule has 2 aromatic carbocycles. The summed E-state index contributed by atoms with van der Waals surface area (Å²) in [6, 6.07) is 14.6. The number of amides is 2. The van der Waals surface area contributed by atoms with Crippen molar-refractivity contribution in [3.8, 4) is 0 Å². The van der Waals surface area contributed by atoms with E-state index in [2.05, 4.69) is 5.32 Å². The molecule has 1 fully saturated rings. The highest BCUT2D eigenvalue weighted by molar-refractivity contribution is 6.46. The van der Waals surface area contributed by atoms with E-state index in [1.165, 1.54) is 11.8 Å². The van der Waals surface area contributed by atoms with Crippen molar-refractivity contribution in [1.82, 2.24) is 10.2 Å². The number of ketones is 1. The van der Waals surface area contributed by atoms with Gasteiger partial charge in [0, 0.05) is 30.6 Å². The van der Waals surface area contributed by atoms with Crippen molar-refractivity contribution in [2.75, 3.05) is 13.1 Å². The maximum Gasteiger partial charge on any atom is 0.295 e. The van der Waals surface area contributed by atoms with Gasteiger partial charge in [0.25, 0.3) is 11.7 Å². The lowest BCUT2D eigenvalue weighted by molar-refractivity contribution is -0.139. The number of hydrogen-bond donors (Lipinski definition) is 2. The molecule has 3 rings (SSSR count). The molecular formula is C21H19ClN2O4. The highest BCUT2D eigenvalue weighted by atomic mass is 35.5. The summed E-state index contributed by atoms with van der Waals surface area (Å²) >= 11 is 5.97. The number of hydrogen-bond acceptors (Lipinski definition) is 4. The van der Waals surface area contributed by atoms with Crippen molar-refractivity contribution >= 4 is 35.0 Å². The maximum absolute atomic E-state index is 12.8.